The highest BCUT2D eigenvalue weighted by Gasteiger charge is 2.51. The summed E-state index contributed by atoms with van der Waals surface area (Å²) in [4.78, 5) is 12.9. The number of rotatable bonds is 5. The maximum atomic E-state index is 12.9. The van der Waals surface area contributed by atoms with Gasteiger partial charge in [0, 0.05) is 11.4 Å². The SMILES string of the molecule is CC(C)(C)c1ccc(C2(C(=O)Nc3ccc(NS(C)(=O)=O)cc3)CC2)cc1. The lowest BCUT2D eigenvalue weighted by atomic mass is 9.85. The van der Waals surface area contributed by atoms with Gasteiger partial charge in [-0.25, -0.2) is 8.42 Å². The van der Waals surface area contributed by atoms with E-state index in [9.17, 15) is 13.2 Å². The van der Waals surface area contributed by atoms with Gasteiger partial charge in [-0.15, -0.1) is 0 Å². The van der Waals surface area contributed by atoms with Crippen molar-refractivity contribution in [3.05, 3.63) is 59.7 Å². The molecule has 2 N–H and O–H groups in total. The van der Waals surface area contributed by atoms with Gasteiger partial charge in [0.25, 0.3) is 0 Å². The number of hydrogen-bond donors (Lipinski definition) is 2. The summed E-state index contributed by atoms with van der Waals surface area (Å²) in [7, 11) is -3.31. The molecule has 1 fully saturated rings. The molecule has 0 aromatic heterocycles. The zero-order chi connectivity index (χ0) is 19.9. The second kappa shape index (κ2) is 6.68. The van der Waals surface area contributed by atoms with Crippen LogP contribution in [-0.2, 0) is 25.6 Å². The van der Waals surface area contributed by atoms with E-state index in [4.69, 9.17) is 0 Å². The minimum absolute atomic E-state index is 0.0187. The third-order valence-corrected chi connectivity index (χ3v) is 5.54. The normalized spacial score (nSPS) is 15.9. The van der Waals surface area contributed by atoms with Crippen LogP contribution >= 0.6 is 0 Å². The smallest absolute Gasteiger partial charge is 0.235 e. The van der Waals surface area contributed by atoms with Crippen LogP contribution in [0.15, 0.2) is 48.5 Å². The Morgan fingerprint density at radius 2 is 1.44 bits per heavy atom. The molecule has 6 heteroatoms. The highest BCUT2D eigenvalue weighted by molar-refractivity contribution is 7.92. The number of anilines is 2. The van der Waals surface area contributed by atoms with Crippen molar-refractivity contribution in [1.29, 1.82) is 0 Å². The predicted molar refractivity (Wildman–Crippen MR) is 110 cm³/mol. The first-order valence-electron chi connectivity index (χ1n) is 9.00. The molecule has 0 unspecified atom stereocenters. The second-order valence-electron chi connectivity index (χ2n) is 8.32. The van der Waals surface area contributed by atoms with Crippen molar-refractivity contribution in [1.82, 2.24) is 0 Å². The van der Waals surface area contributed by atoms with Crippen LogP contribution < -0.4 is 10.0 Å². The first-order valence-corrected chi connectivity index (χ1v) is 10.9. The average Bonchev–Trinajstić information content (AvgIpc) is 3.36. The van der Waals surface area contributed by atoms with Crippen LogP contribution in [0.2, 0.25) is 0 Å². The van der Waals surface area contributed by atoms with Crippen molar-refractivity contribution in [2.24, 2.45) is 0 Å². The van der Waals surface area contributed by atoms with E-state index in [1.165, 1.54) is 5.56 Å². The molecule has 27 heavy (non-hydrogen) atoms. The van der Waals surface area contributed by atoms with Gasteiger partial charge in [0.2, 0.25) is 15.9 Å². The van der Waals surface area contributed by atoms with E-state index in [0.29, 0.717) is 11.4 Å². The fraction of sp³-hybridized carbons (Fsp3) is 0.381. The number of amides is 1. The quantitative estimate of drug-likeness (QED) is 0.815. The predicted octanol–water partition coefficient (Wildman–Crippen LogP) is 4.03. The number of nitrogens with one attached hydrogen (secondary N) is 2. The molecular weight excluding hydrogens is 360 g/mol. The van der Waals surface area contributed by atoms with E-state index in [1.54, 1.807) is 24.3 Å². The third-order valence-electron chi connectivity index (χ3n) is 4.93. The zero-order valence-electron chi connectivity index (χ0n) is 16.2. The molecule has 1 amide bonds. The first kappa shape index (κ1) is 19.4. The topological polar surface area (TPSA) is 75.3 Å². The Balaban J connectivity index is 1.72. The molecule has 0 bridgehead atoms. The molecule has 144 valence electrons. The summed E-state index contributed by atoms with van der Waals surface area (Å²) in [5.74, 6) is -0.0187. The first-order chi connectivity index (χ1) is 12.5. The van der Waals surface area contributed by atoms with Gasteiger partial charge in [-0.3, -0.25) is 9.52 Å². The molecule has 3 rings (SSSR count). The van der Waals surface area contributed by atoms with Crippen molar-refractivity contribution in [3.8, 4) is 0 Å². The minimum atomic E-state index is -3.31. The number of carbonyl (C=O) groups is 1. The number of carbonyl (C=O) groups excluding carboxylic acids is 1. The standard InChI is InChI=1S/C21H26N2O3S/c1-20(2,3)15-5-7-16(8-6-15)21(13-14-21)19(24)22-17-9-11-18(12-10-17)23-27(4,25)26/h5-12,23H,13-14H2,1-4H3,(H,22,24). The molecule has 0 atom stereocenters. The Hall–Kier alpha value is -2.34. The van der Waals surface area contributed by atoms with Gasteiger partial charge in [-0.2, -0.15) is 0 Å². The lowest BCUT2D eigenvalue weighted by Crippen LogP contribution is -2.28. The van der Waals surface area contributed by atoms with Crippen molar-refractivity contribution < 1.29 is 13.2 Å². The van der Waals surface area contributed by atoms with Crippen LogP contribution in [0, 0.1) is 0 Å². The average molecular weight is 387 g/mol. The van der Waals surface area contributed by atoms with Crippen LogP contribution in [0.25, 0.3) is 0 Å². The van der Waals surface area contributed by atoms with Gasteiger partial charge in [-0.1, -0.05) is 45.0 Å². The van der Waals surface area contributed by atoms with Crippen molar-refractivity contribution in [3.63, 3.8) is 0 Å². The van der Waals surface area contributed by atoms with Gasteiger partial charge in [0.15, 0.2) is 0 Å². The summed E-state index contributed by atoms with van der Waals surface area (Å²) in [5.41, 5.74) is 3.03. The Kier molecular flexibility index (Phi) is 4.80. The van der Waals surface area contributed by atoms with Crippen molar-refractivity contribution in [2.45, 2.75) is 44.4 Å². The summed E-state index contributed by atoms with van der Waals surface area (Å²) in [6, 6.07) is 15.0. The van der Waals surface area contributed by atoms with E-state index >= 15 is 0 Å². The molecule has 1 aliphatic carbocycles. The second-order valence-corrected chi connectivity index (χ2v) is 10.1. The molecule has 1 saturated carbocycles. The summed E-state index contributed by atoms with van der Waals surface area (Å²) in [6.07, 6.45) is 2.77. The monoisotopic (exact) mass is 386 g/mol. The number of hydrogen-bond acceptors (Lipinski definition) is 3. The summed E-state index contributed by atoms with van der Waals surface area (Å²) >= 11 is 0. The fourth-order valence-corrected chi connectivity index (χ4v) is 3.71. The largest absolute Gasteiger partial charge is 0.325 e. The molecule has 0 aliphatic heterocycles. The molecule has 2 aromatic carbocycles. The molecule has 0 radical (unpaired) electrons. The van der Waals surface area contributed by atoms with Crippen LogP contribution in [0.1, 0.15) is 44.7 Å². The van der Waals surface area contributed by atoms with Gasteiger partial charge in [-0.05, 0) is 53.6 Å². The van der Waals surface area contributed by atoms with Crippen LogP contribution in [0.4, 0.5) is 11.4 Å². The summed E-state index contributed by atoms with van der Waals surface area (Å²) in [6.45, 7) is 6.51. The van der Waals surface area contributed by atoms with Crippen molar-refractivity contribution in [2.75, 3.05) is 16.3 Å². The zero-order valence-corrected chi connectivity index (χ0v) is 17.0. The van der Waals surface area contributed by atoms with E-state index in [1.807, 2.05) is 0 Å². The lowest BCUT2D eigenvalue weighted by molar-refractivity contribution is -0.118. The molecule has 0 heterocycles. The van der Waals surface area contributed by atoms with E-state index in [-0.39, 0.29) is 11.3 Å². The highest BCUT2D eigenvalue weighted by Crippen LogP contribution is 2.49. The molecule has 0 saturated heterocycles. The summed E-state index contributed by atoms with van der Waals surface area (Å²) in [5, 5.41) is 2.96. The van der Waals surface area contributed by atoms with Crippen molar-refractivity contribution >= 4 is 27.3 Å². The number of sulfonamides is 1. The van der Waals surface area contributed by atoms with Crippen LogP contribution in [-0.4, -0.2) is 20.6 Å². The van der Waals surface area contributed by atoms with Gasteiger partial charge in [0.1, 0.15) is 0 Å². The van der Waals surface area contributed by atoms with E-state index in [0.717, 1.165) is 24.7 Å². The highest BCUT2D eigenvalue weighted by atomic mass is 32.2. The number of benzene rings is 2. The minimum Gasteiger partial charge on any atom is -0.325 e. The Bertz CT molecular complexity index is 936. The molecule has 2 aromatic rings. The Morgan fingerprint density at radius 3 is 1.89 bits per heavy atom. The maximum absolute atomic E-state index is 12.9. The van der Waals surface area contributed by atoms with E-state index < -0.39 is 15.4 Å². The van der Waals surface area contributed by atoms with Gasteiger partial charge in [0.05, 0.1) is 11.7 Å². The molecule has 0 spiro atoms. The Morgan fingerprint density at radius 1 is 0.926 bits per heavy atom. The van der Waals surface area contributed by atoms with Gasteiger partial charge >= 0.3 is 0 Å². The Labute approximate surface area is 161 Å². The third kappa shape index (κ3) is 4.50. The molecular formula is C21H26N2O3S. The summed E-state index contributed by atoms with van der Waals surface area (Å²) < 4.78 is 24.9. The fourth-order valence-electron chi connectivity index (χ4n) is 3.15. The van der Waals surface area contributed by atoms with E-state index in [2.05, 4.69) is 55.1 Å². The van der Waals surface area contributed by atoms with Crippen LogP contribution in [0.5, 0.6) is 0 Å². The van der Waals surface area contributed by atoms with Crippen LogP contribution in [0.3, 0.4) is 0 Å². The molecule has 5 nitrogen and oxygen atoms in total. The lowest BCUT2D eigenvalue weighted by Gasteiger charge is -2.21. The maximum Gasteiger partial charge on any atom is 0.235 e. The molecule has 1 aliphatic rings. The van der Waals surface area contributed by atoms with Gasteiger partial charge < -0.3 is 5.32 Å².